The average molecular weight is 477 g/mol. The van der Waals surface area contributed by atoms with Gasteiger partial charge in [0.15, 0.2) is 0 Å². The first-order chi connectivity index (χ1) is 16.5. The Hall–Kier alpha value is -3.85. The van der Waals surface area contributed by atoms with Crippen LogP contribution in [0.15, 0.2) is 66.7 Å². The maximum Gasteiger partial charge on any atom is 0.348 e. The van der Waals surface area contributed by atoms with Crippen LogP contribution in [-0.4, -0.2) is 53.2 Å². The van der Waals surface area contributed by atoms with E-state index >= 15 is 0 Å². The largest absolute Gasteiger partial charge is 0.477 e. The molecular weight excluding hydrogens is 452 g/mol. The lowest BCUT2D eigenvalue weighted by Crippen LogP contribution is -2.57. The number of piperidine rings is 1. The summed E-state index contributed by atoms with van der Waals surface area (Å²) in [4.78, 5) is 42.2. The van der Waals surface area contributed by atoms with E-state index in [9.17, 15) is 19.5 Å². The standard InChI is InChI=1S/C25H24N4O4S/c30-22(31)21-19(15-20(34-21)17-7-3-1-4-8-17)27-24(33)28-13-11-25(12-14-28)23(32)26-16-29(25)18-9-5-2-6-10-18/h1-10,15H,11-14,16H2,(H,26,32)(H,27,33)(H,30,31). The summed E-state index contributed by atoms with van der Waals surface area (Å²) in [7, 11) is 0. The highest BCUT2D eigenvalue weighted by atomic mass is 32.1. The summed E-state index contributed by atoms with van der Waals surface area (Å²) in [5, 5.41) is 15.4. The van der Waals surface area contributed by atoms with Gasteiger partial charge in [-0.2, -0.15) is 0 Å². The number of nitrogens with one attached hydrogen (secondary N) is 2. The summed E-state index contributed by atoms with van der Waals surface area (Å²) in [6.45, 7) is 1.22. The van der Waals surface area contributed by atoms with E-state index in [2.05, 4.69) is 15.5 Å². The zero-order chi connectivity index (χ0) is 23.7. The molecule has 5 rings (SSSR count). The Balaban J connectivity index is 1.31. The van der Waals surface area contributed by atoms with Crippen LogP contribution in [0.2, 0.25) is 0 Å². The van der Waals surface area contributed by atoms with Crippen molar-refractivity contribution >= 4 is 40.6 Å². The van der Waals surface area contributed by atoms with E-state index in [1.165, 1.54) is 0 Å². The van der Waals surface area contributed by atoms with E-state index in [0.717, 1.165) is 27.5 Å². The molecule has 34 heavy (non-hydrogen) atoms. The molecule has 3 amide bonds. The number of aromatic carboxylic acids is 1. The molecule has 2 saturated heterocycles. The molecule has 0 bridgehead atoms. The molecule has 3 N–H and O–H groups in total. The highest BCUT2D eigenvalue weighted by molar-refractivity contribution is 7.18. The molecular formula is C25H24N4O4S. The first-order valence-corrected chi connectivity index (χ1v) is 11.9. The van der Waals surface area contributed by atoms with Crippen LogP contribution in [0.3, 0.4) is 0 Å². The normalized spacial score (nSPS) is 17.0. The van der Waals surface area contributed by atoms with Gasteiger partial charge in [-0.25, -0.2) is 9.59 Å². The summed E-state index contributed by atoms with van der Waals surface area (Å²) >= 11 is 1.13. The minimum Gasteiger partial charge on any atom is -0.477 e. The molecule has 0 aliphatic carbocycles. The van der Waals surface area contributed by atoms with Crippen molar-refractivity contribution in [2.45, 2.75) is 18.4 Å². The number of nitrogens with zero attached hydrogens (tertiary/aromatic N) is 2. The molecule has 0 atom stereocenters. The summed E-state index contributed by atoms with van der Waals surface area (Å²) in [5.41, 5.74) is 1.46. The van der Waals surface area contributed by atoms with Gasteiger partial charge in [0.25, 0.3) is 0 Å². The van der Waals surface area contributed by atoms with Crippen molar-refractivity contribution in [1.29, 1.82) is 0 Å². The molecule has 9 heteroatoms. The number of rotatable bonds is 4. The molecule has 1 spiro atoms. The molecule has 0 unspecified atom stereocenters. The summed E-state index contributed by atoms with van der Waals surface area (Å²) in [6.07, 6.45) is 0.984. The third-order valence-corrected chi connectivity index (χ3v) is 7.68. The number of amides is 3. The van der Waals surface area contributed by atoms with Gasteiger partial charge in [-0.05, 0) is 36.6 Å². The fourth-order valence-electron chi connectivity index (χ4n) is 4.69. The molecule has 0 saturated carbocycles. The van der Waals surface area contributed by atoms with Gasteiger partial charge in [-0.15, -0.1) is 11.3 Å². The smallest absolute Gasteiger partial charge is 0.348 e. The van der Waals surface area contributed by atoms with Crippen molar-refractivity contribution in [1.82, 2.24) is 10.2 Å². The van der Waals surface area contributed by atoms with E-state index in [0.29, 0.717) is 32.6 Å². The van der Waals surface area contributed by atoms with E-state index < -0.39 is 11.5 Å². The van der Waals surface area contributed by atoms with Gasteiger partial charge >= 0.3 is 12.0 Å². The Morgan fingerprint density at radius 2 is 1.65 bits per heavy atom. The van der Waals surface area contributed by atoms with Crippen LogP contribution in [0.5, 0.6) is 0 Å². The molecule has 2 aliphatic rings. The van der Waals surface area contributed by atoms with Crippen molar-refractivity contribution in [3.8, 4) is 10.4 Å². The maximum atomic E-state index is 13.0. The molecule has 3 aromatic rings. The monoisotopic (exact) mass is 476 g/mol. The van der Waals surface area contributed by atoms with Crippen LogP contribution in [0.1, 0.15) is 22.5 Å². The molecule has 0 radical (unpaired) electrons. The third-order valence-electron chi connectivity index (χ3n) is 6.51. The summed E-state index contributed by atoms with van der Waals surface area (Å²) < 4.78 is 0. The van der Waals surface area contributed by atoms with Crippen molar-refractivity contribution in [2.75, 3.05) is 30.0 Å². The zero-order valence-corrected chi connectivity index (χ0v) is 19.2. The van der Waals surface area contributed by atoms with E-state index in [-0.39, 0.29) is 22.5 Å². The van der Waals surface area contributed by atoms with Crippen LogP contribution >= 0.6 is 11.3 Å². The lowest BCUT2D eigenvalue weighted by molar-refractivity contribution is -0.124. The number of hydrogen-bond donors (Lipinski definition) is 3. The Kier molecular flexibility index (Phi) is 5.70. The lowest BCUT2D eigenvalue weighted by atomic mass is 9.85. The highest BCUT2D eigenvalue weighted by Gasteiger charge is 2.50. The zero-order valence-electron chi connectivity index (χ0n) is 18.4. The Morgan fingerprint density at radius 1 is 1.00 bits per heavy atom. The Morgan fingerprint density at radius 3 is 2.29 bits per heavy atom. The van der Waals surface area contributed by atoms with Crippen molar-refractivity contribution in [3.63, 3.8) is 0 Å². The maximum absolute atomic E-state index is 13.0. The number of anilines is 2. The number of carbonyl (C=O) groups is 3. The second kappa shape index (κ2) is 8.83. The van der Waals surface area contributed by atoms with Crippen molar-refractivity contribution in [2.24, 2.45) is 0 Å². The third kappa shape index (κ3) is 3.88. The predicted octanol–water partition coefficient (Wildman–Crippen LogP) is 4.07. The number of carboxylic acid groups (broad SMARTS) is 1. The van der Waals surface area contributed by atoms with Crippen molar-refractivity contribution < 1.29 is 19.5 Å². The molecule has 2 fully saturated rings. The topological polar surface area (TPSA) is 102 Å². The minimum absolute atomic E-state index is 0.0186. The number of thiophene rings is 1. The Labute approximate surface area is 200 Å². The average Bonchev–Trinajstić information content (AvgIpc) is 3.42. The predicted molar refractivity (Wildman–Crippen MR) is 131 cm³/mol. The molecule has 8 nitrogen and oxygen atoms in total. The number of carbonyl (C=O) groups excluding carboxylic acids is 2. The molecule has 3 heterocycles. The molecule has 2 aliphatic heterocycles. The number of likely N-dealkylation sites (tertiary alicyclic amines) is 1. The van der Waals surface area contributed by atoms with E-state index in [1.54, 1.807) is 11.0 Å². The number of carboxylic acids is 1. The highest BCUT2D eigenvalue weighted by Crippen LogP contribution is 2.37. The lowest BCUT2D eigenvalue weighted by Gasteiger charge is -2.43. The quantitative estimate of drug-likeness (QED) is 0.527. The molecule has 1 aromatic heterocycles. The van der Waals surface area contributed by atoms with Gasteiger partial charge in [-0.3, -0.25) is 4.79 Å². The molecule has 174 valence electrons. The van der Waals surface area contributed by atoms with Crippen LogP contribution in [0, 0.1) is 0 Å². The van der Waals surface area contributed by atoms with Crippen LogP contribution in [0.4, 0.5) is 16.2 Å². The van der Waals surface area contributed by atoms with Crippen LogP contribution in [-0.2, 0) is 4.79 Å². The fourth-order valence-corrected chi connectivity index (χ4v) is 5.65. The second-order valence-corrected chi connectivity index (χ2v) is 9.45. The van der Waals surface area contributed by atoms with Crippen molar-refractivity contribution in [3.05, 3.63) is 71.6 Å². The van der Waals surface area contributed by atoms with Gasteiger partial charge in [-0.1, -0.05) is 48.5 Å². The van der Waals surface area contributed by atoms with Gasteiger partial charge in [0.05, 0.1) is 12.4 Å². The molecule has 2 aromatic carbocycles. The first-order valence-electron chi connectivity index (χ1n) is 11.1. The summed E-state index contributed by atoms with van der Waals surface area (Å²) in [5.74, 6) is -1.10. The SMILES string of the molecule is O=C(O)c1sc(-c2ccccc2)cc1NC(=O)N1CCC2(CC1)C(=O)NCN2c1ccccc1. The number of para-hydroxylation sites is 1. The fraction of sp³-hybridized carbons (Fsp3) is 0.240. The first kappa shape index (κ1) is 22.0. The van der Waals surface area contributed by atoms with Crippen LogP contribution < -0.4 is 15.5 Å². The van der Waals surface area contributed by atoms with Gasteiger partial charge in [0, 0.05) is 23.7 Å². The van der Waals surface area contributed by atoms with Gasteiger partial charge < -0.3 is 25.5 Å². The van der Waals surface area contributed by atoms with Gasteiger partial charge in [0.2, 0.25) is 5.91 Å². The Bertz CT molecular complexity index is 1220. The number of benzene rings is 2. The number of urea groups is 1. The van der Waals surface area contributed by atoms with Crippen LogP contribution in [0.25, 0.3) is 10.4 Å². The van der Waals surface area contributed by atoms with E-state index in [4.69, 9.17) is 0 Å². The minimum atomic E-state index is -1.08. The van der Waals surface area contributed by atoms with E-state index in [1.807, 2.05) is 60.7 Å². The second-order valence-electron chi connectivity index (χ2n) is 8.40. The van der Waals surface area contributed by atoms with Gasteiger partial charge in [0.1, 0.15) is 10.4 Å². The number of hydrogen-bond acceptors (Lipinski definition) is 5. The summed E-state index contributed by atoms with van der Waals surface area (Å²) in [6, 6.07) is 20.6.